The molecule has 0 aliphatic heterocycles. The molecule has 0 amide bonds. The van der Waals surface area contributed by atoms with Gasteiger partial charge in [-0.15, -0.1) is 0 Å². The Kier molecular flexibility index (Phi) is 4.20. The second kappa shape index (κ2) is 4.94. The number of guanidine groups is 1. The minimum atomic E-state index is -0.540. The first-order valence-corrected chi connectivity index (χ1v) is 2.97. The lowest BCUT2D eigenvalue weighted by atomic mass is 10.4. The van der Waals surface area contributed by atoms with E-state index in [4.69, 9.17) is 16.7 Å². The zero-order chi connectivity index (χ0) is 9.56. The average molecular weight is 174 g/mol. The van der Waals surface area contributed by atoms with Crippen LogP contribution in [0.4, 0.5) is 0 Å². The predicted molar refractivity (Wildman–Crippen MR) is 41.7 cm³/mol. The fourth-order valence-electron chi connectivity index (χ4n) is 0.429. The van der Waals surface area contributed by atoms with E-state index >= 15 is 0 Å². The molecule has 0 aromatic heterocycles. The number of hydrogen-bond acceptors (Lipinski definition) is 4. The van der Waals surface area contributed by atoms with Gasteiger partial charge in [0.25, 0.3) is 5.96 Å². The molecule has 0 radical (unpaired) electrons. The molecule has 0 rings (SSSR count). The lowest BCUT2D eigenvalue weighted by Gasteiger charge is -1.97. The fourth-order valence-corrected chi connectivity index (χ4v) is 0.429. The van der Waals surface area contributed by atoms with Gasteiger partial charge in [0.15, 0.2) is 0 Å². The molecule has 0 aromatic carbocycles. The maximum atomic E-state index is 10.6. The van der Waals surface area contributed by atoms with Crippen LogP contribution in [0.2, 0.25) is 0 Å². The van der Waals surface area contributed by atoms with E-state index in [0.717, 1.165) is 0 Å². The first kappa shape index (κ1) is 10.2. The lowest BCUT2D eigenvalue weighted by Crippen LogP contribution is -2.22. The molecule has 0 saturated heterocycles. The van der Waals surface area contributed by atoms with E-state index in [9.17, 15) is 4.79 Å². The Morgan fingerprint density at radius 2 is 2.17 bits per heavy atom. The van der Waals surface area contributed by atoms with Crippen molar-refractivity contribution in [1.29, 1.82) is 0 Å². The Balaban J connectivity index is 4.11. The van der Waals surface area contributed by atoms with Crippen molar-refractivity contribution < 1.29 is 14.7 Å². The van der Waals surface area contributed by atoms with Crippen LogP contribution >= 0.6 is 0 Å². The van der Waals surface area contributed by atoms with Gasteiger partial charge in [0, 0.05) is 0 Å². The third-order valence-corrected chi connectivity index (χ3v) is 0.914. The van der Waals surface area contributed by atoms with Crippen LogP contribution in [0, 0.1) is 0 Å². The summed E-state index contributed by atoms with van der Waals surface area (Å²) in [7, 11) is 1.22. The van der Waals surface area contributed by atoms with Crippen molar-refractivity contribution in [1.82, 2.24) is 0 Å². The summed E-state index contributed by atoms with van der Waals surface area (Å²) in [6, 6.07) is 0. The molecule has 0 atom stereocenters. The summed E-state index contributed by atoms with van der Waals surface area (Å²) >= 11 is 0. The highest BCUT2D eigenvalue weighted by Crippen LogP contribution is 1.84. The number of carbonyl (C=O) groups is 1. The van der Waals surface area contributed by atoms with E-state index in [-0.39, 0.29) is 12.3 Å². The molecule has 0 spiro atoms. The SMILES string of the molecule is COC(=O)C/C(N)=N/C(N)=N/O. The molecule has 0 heterocycles. The minimum absolute atomic E-state index is 0.0721. The Bertz CT molecular complexity index is 223. The second-order valence-corrected chi connectivity index (χ2v) is 1.81. The number of amidine groups is 1. The highest BCUT2D eigenvalue weighted by molar-refractivity contribution is 6.02. The number of ether oxygens (including phenoxy) is 1. The van der Waals surface area contributed by atoms with Crippen LogP contribution in [0.25, 0.3) is 0 Å². The Morgan fingerprint density at radius 1 is 1.58 bits per heavy atom. The van der Waals surface area contributed by atoms with Crippen molar-refractivity contribution in [3.8, 4) is 0 Å². The molecule has 68 valence electrons. The summed E-state index contributed by atoms with van der Waals surface area (Å²) in [6.07, 6.45) is -0.188. The highest BCUT2D eigenvalue weighted by Gasteiger charge is 2.03. The van der Waals surface area contributed by atoms with Crippen LogP contribution in [-0.4, -0.2) is 30.1 Å². The second-order valence-electron chi connectivity index (χ2n) is 1.81. The van der Waals surface area contributed by atoms with Crippen molar-refractivity contribution in [2.45, 2.75) is 6.42 Å². The van der Waals surface area contributed by atoms with Gasteiger partial charge >= 0.3 is 5.97 Å². The van der Waals surface area contributed by atoms with Gasteiger partial charge in [0.05, 0.1) is 7.11 Å². The van der Waals surface area contributed by atoms with Gasteiger partial charge in [0.1, 0.15) is 12.3 Å². The number of carbonyl (C=O) groups excluding carboxylic acids is 1. The fraction of sp³-hybridized carbons (Fsp3) is 0.400. The Morgan fingerprint density at radius 3 is 2.58 bits per heavy atom. The van der Waals surface area contributed by atoms with Gasteiger partial charge in [-0.1, -0.05) is 0 Å². The van der Waals surface area contributed by atoms with Crippen LogP contribution in [0.15, 0.2) is 10.1 Å². The first-order chi connectivity index (χ1) is 5.60. The number of rotatable bonds is 2. The molecule has 0 bridgehead atoms. The maximum Gasteiger partial charge on any atom is 0.313 e. The summed E-state index contributed by atoms with van der Waals surface area (Å²) in [5, 5.41) is 10.6. The zero-order valence-corrected chi connectivity index (χ0v) is 6.52. The topological polar surface area (TPSA) is 123 Å². The van der Waals surface area contributed by atoms with Gasteiger partial charge in [-0.2, -0.15) is 4.99 Å². The third-order valence-electron chi connectivity index (χ3n) is 0.914. The minimum Gasteiger partial charge on any atom is -0.469 e. The summed E-state index contributed by atoms with van der Waals surface area (Å²) in [5.41, 5.74) is 10.2. The molecule has 12 heavy (non-hydrogen) atoms. The summed E-state index contributed by atoms with van der Waals surface area (Å²) in [5.74, 6) is -1.02. The maximum absolute atomic E-state index is 10.6. The highest BCUT2D eigenvalue weighted by atomic mass is 16.5. The standard InChI is InChI=1S/C5H10N4O3/c1-12-4(10)2-3(6)8-5(7)9-11/h11H,2H2,1H3,(H4,6,7,8,9). The largest absolute Gasteiger partial charge is 0.469 e. The average Bonchev–Trinajstić information content (AvgIpc) is 2.03. The predicted octanol–water partition coefficient (Wildman–Crippen LogP) is -1.39. The van der Waals surface area contributed by atoms with Crippen LogP contribution in [0.3, 0.4) is 0 Å². The van der Waals surface area contributed by atoms with Crippen LogP contribution in [0.1, 0.15) is 6.42 Å². The van der Waals surface area contributed by atoms with E-state index in [0.29, 0.717) is 0 Å². The molecule has 7 nitrogen and oxygen atoms in total. The van der Waals surface area contributed by atoms with Crippen molar-refractivity contribution in [3.05, 3.63) is 0 Å². The molecule has 0 fully saturated rings. The van der Waals surface area contributed by atoms with Crippen molar-refractivity contribution in [3.63, 3.8) is 0 Å². The van der Waals surface area contributed by atoms with E-state index in [1.165, 1.54) is 7.11 Å². The molecular formula is C5H10N4O3. The van der Waals surface area contributed by atoms with Gasteiger partial charge in [-0.05, 0) is 5.16 Å². The molecule has 0 unspecified atom stereocenters. The van der Waals surface area contributed by atoms with Crippen LogP contribution in [-0.2, 0) is 9.53 Å². The molecule has 0 aliphatic rings. The van der Waals surface area contributed by atoms with Gasteiger partial charge in [-0.3, -0.25) is 4.79 Å². The number of oxime groups is 1. The smallest absolute Gasteiger partial charge is 0.313 e. The molecule has 0 aromatic rings. The van der Waals surface area contributed by atoms with Crippen molar-refractivity contribution in [2.75, 3.05) is 7.11 Å². The summed E-state index contributed by atoms with van der Waals surface area (Å²) in [4.78, 5) is 13.9. The summed E-state index contributed by atoms with van der Waals surface area (Å²) < 4.78 is 4.29. The first-order valence-electron chi connectivity index (χ1n) is 2.97. The molecule has 0 saturated carbocycles. The lowest BCUT2D eigenvalue weighted by molar-refractivity contribution is -0.139. The van der Waals surface area contributed by atoms with E-state index in [1.807, 2.05) is 0 Å². The number of aliphatic imine (C=N–C) groups is 1. The number of methoxy groups -OCH3 is 1. The summed E-state index contributed by atoms with van der Waals surface area (Å²) in [6.45, 7) is 0. The van der Waals surface area contributed by atoms with E-state index in [2.05, 4.69) is 14.9 Å². The van der Waals surface area contributed by atoms with Gasteiger partial charge in [-0.25, -0.2) is 0 Å². The Hall–Kier alpha value is -1.79. The third kappa shape index (κ3) is 4.09. The van der Waals surface area contributed by atoms with Crippen molar-refractivity contribution >= 4 is 17.8 Å². The van der Waals surface area contributed by atoms with E-state index in [1.54, 1.807) is 0 Å². The van der Waals surface area contributed by atoms with Gasteiger partial charge < -0.3 is 21.4 Å². The monoisotopic (exact) mass is 174 g/mol. The Labute approximate surface area is 68.7 Å². The number of nitrogens with zero attached hydrogens (tertiary/aromatic N) is 2. The van der Waals surface area contributed by atoms with Crippen LogP contribution in [0.5, 0.6) is 0 Å². The molecule has 0 aliphatic carbocycles. The molecular weight excluding hydrogens is 164 g/mol. The number of nitrogens with two attached hydrogens (primary N) is 2. The van der Waals surface area contributed by atoms with E-state index < -0.39 is 11.9 Å². The molecule has 7 heteroatoms. The van der Waals surface area contributed by atoms with Crippen molar-refractivity contribution in [2.24, 2.45) is 21.6 Å². The molecule has 5 N–H and O–H groups in total. The number of esters is 1. The van der Waals surface area contributed by atoms with Gasteiger partial charge in [0.2, 0.25) is 0 Å². The zero-order valence-electron chi connectivity index (χ0n) is 6.52. The van der Waals surface area contributed by atoms with Crippen LogP contribution < -0.4 is 11.5 Å². The normalized spacial score (nSPS) is 12.8. The number of hydrogen-bond donors (Lipinski definition) is 3. The quantitative estimate of drug-likeness (QED) is 0.156.